The number of hydrogen-bond acceptors (Lipinski definition) is 4. The van der Waals surface area contributed by atoms with E-state index in [4.69, 9.17) is 0 Å². The third-order valence-electron chi connectivity index (χ3n) is 4.72. The Bertz CT molecular complexity index is 716. The van der Waals surface area contributed by atoms with Gasteiger partial charge in [-0.1, -0.05) is 6.92 Å². The van der Waals surface area contributed by atoms with Crippen molar-refractivity contribution < 1.29 is 13.2 Å². The number of hydrogen-bond donors (Lipinski definition) is 2. The molecule has 0 unspecified atom stereocenters. The molecule has 3 rings (SSSR count). The van der Waals surface area contributed by atoms with Crippen LogP contribution < -0.4 is 10.6 Å². The van der Waals surface area contributed by atoms with Crippen LogP contribution in [0.2, 0.25) is 0 Å². The zero-order valence-corrected chi connectivity index (χ0v) is 16.1. The van der Waals surface area contributed by atoms with Gasteiger partial charge in [-0.2, -0.15) is 0 Å². The van der Waals surface area contributed by atoms with Gasteiger partial charge in [0.2, 0.25) is 10.0 Å². The monoisotopic (exact) mass is 387 g/mol. The van der Waals surface area contributed by atoms with Gasteiger partial charge in [0.1, 0.15) is 0 Å². The van der Waals surface area contributed by atoms with Crippen LogP contribution in [0.1, 0.15) is 42.1 Å². The first-order chi connectivity index (χ1) is 11.5. The number of rotatable bonds is 5. The van der Waals surface area contributed by atoms with E-state index in [1.54, 1.807) is 4.31 Å². The van der Waals surface area contributed by atoms with Crippen LogP contribution in [-0.2, 0) is 16.4 Å². The average Bonchev–Trinajstić information content (AvgIpc) is 3.03. The van der Waals surface area contributed by atoms with E-state index in [1.807, 2.05) is 25.1 Å². The van der Waals surface area contributed by atoms with Crippen molar-refractivity contribution in [2.75, 3.05) is 30.7 Å². The molecule has 1 aromatic carbocycles. The lowest BCUT2D eigenvalue weighted by molar-refractivity contribution is 0.0924. The number of fused-ring (bicyclic) bond motifs is 1. The summed E-state index contributed by atoms with van der Waals surface area (Å²) in [6, 6.07) is 5.78. The van der Waals surface area contributed by atoms with Crippen molar-refractivity contribution in [1.82, 2.24) is 9.62 Å². The molecule has 0 aromatic heterocycles. The van der Waals surface area contributed by atoms with Gasteiger partial charge in [-0.3, -0.25) is 4.79 Å². The minimum atomic E-state index is -3.13. The maximum atomic E-state index is 12.4. The highest BCUT2D eigenvalue weighted by Gasteiger charge is 2.28. The second-order valence-electron chi connectivity index (χ2n) is 6.51. The van der Waals surface area contributed by atoms with Gasteiger partial charge in [0.25, 0.3) is 5.91 Å². The molecule has 1 saturated heterocycles. The van der Waals surface area contributed by atoms with Gasteiger partial charge in [-0.25, -0.2) is 12.7 Å². The molecule has 1 aromatic rings. The number of halogens is 1. The van der Waals surface area contributed by atoms with Crippen LogP contribution >= 0.6 is 12.4 Å². The molecule has 1 fully saturated rings. The highest BCUT2D eigenvalue weighted by Crippen LogP contribution is 2.23. The number of carbonyl (C=O) groups is 1. The minimum Gasteiger partial charge on any atom is -0.384 e. The summed E-state index contributed by atoms with van der Waals surface area (Å²) in [5.41, 5.74) is 2.97. The number of amides is 1. The summed E-state index contributed by atoms with van der Waals surface area (Å²) in [5.74, 6) is 0.132. The molecule has 25 heavy (non-hydrogen) atoms. The number of sulfonamides is 1. The normalized spacial score (nSPS) is 18.1. The summed E-state index contributed by atoms with van der Waals surface area (Å²) in [6.45, 7) is 3.77. The molecule has 0 saturated carbocycles. The van der Waals surface area contributed by atoms with Crippen LogP contribution in [0.25, 0.3) is 0 Å². The molecule has 0 atom stereocenters. The zero-order valence-electron chi connectivity index (χ0n) is 14.5. The standard InChI is InChI=1S/C17H25N3O3S.ClH/c1-2-11-24(22,23)20-9-6-15(7-10-20)19-17(21)14-3-4-16-13(12-14)5-8-18-16;/h3-4,12,15,18H,2,5-11H2,1H3,(H,19,21);1H. The number of piperidine rings is 1. The summed E-state index contributed by atoms with van der Waals surface area (Å²) < 4.78 is 25.7. The summed E-state index contributed by atoms with van der Waals surface area (Å²) in [4.78, 5) is 12.4. The molecular weight excluding hydrogens is 362 g/mol. The van der Waals surface area contributed by atoms with E-state index in [0.29, 0.717) is 37.9 Å². The van der Waals surface area contributed by atoms with E-state index in [0.717, 1.165) is 18.7 Å². The lowest BCUT2D eigenvalue weighted by atomic mass is 10.0. The van der Waals surface area contributed by atoms with Gasteiger partial charge in [0.15, 0.2) is 0 Å². The van der Waals surface area contributed by atoms with Crippen molar-refractivity contribution >= 4 is 34.0 Å². The van der Waals surface area contributed by atoms with E-state index < -0.39 is 10.0 Å². The van der Waals surface area contributed by atoms with Crippen molar-refractivity contribution in [3.8, 4) is 0 Å². The Kier molecular flexibility index (Phi) is 6.71. The Morgan fingerprint density at radius 2 is 2.04 bits per heavy atom. The number of benzene rings is 1. The predicted octanol–water partition coefficient (Wildman–Crippen LogP) is 2.01. The SMILES string of the molecule is CCCS(=O)(=O)N1CCC(NC(=O)c2ccc3c(c2)CCN3)CC1.Cl. The van der Waals surface area contributed by atoms with Gasteiger partial charge in [0.05, 0.1) is 5.75 Å². The molecule has 140 valence electrons. The van der Waals surface area contributed by atoms with Gasteiger partial charge in [0, 0.05) is 36.9 Å². The van der Waals surface area contributed by atoms with E-state index in [1.165, 1.54) is 5.56 Å². The Morgan fingerprint density at radius 3 is 2.72 bits per heavy atom. The van der Waals surface area contributed by atoms with Crippen LogP contribution in [0, 0.1) is 0 Å². The highest BCUT2D eigenvalue weighted by molar-refractivity contribution is 7.89. The molecular formula is C17H26ClN3O3S. The fourth-order valence-corrected chi connectivity index (χ4v) is 4.92. The number of nitrogens with one attached hydrogen (secondary N) is 2. The molecule has 2 heterocycles. The molecule has 2 aliphatic rings. The number of carbonyl (C=O) groups excluding carboxylic acids is 1. The fourth-order valence-electron chi connectivity index (χ4n) is 3.38. The average molecular weight is 388 g/mol. The molecule has 8 heteroatoms. The van der Waals surface area contributed by atoms with E-state index in [2.05, 4.69) is 10.6 Å². The maximum absolute atomic E-state index is 12.4. The van der Waals surface area contributed by atoms with Crippen LogP contribution in [0.3, 0.4) is 0 Å². The first kappa shape index (κ1) is 20.0. The number of nitrogens with zero attached hydrogens (tertiary/aromatic N) is 1. The lowest BCUT2D eigenvalue weighted by Crippen LogP contribution is -2.47. The highest BCUT2D eigenvalue weighted by atomic mass is 35.5. The zero-order chi connectivity index (χ0) is 17.2. The van der Waals surface area contributed by atoms with Crippen LogP contribution in [0.15, 0.2) is 18.2 Å². The van der Waals surface area contributed by atoms with Gasteiger partial charge >= 0.3 is 0 Å². The third kappa shape index (κ3) is 4.65. The Balaban J connectivity index is 0.00000225. The van der Waals surface area contributed by atoms with Crippen molar-refractivity contribution in [1.29, 1.82) is 0 Å². The fraction of sp³-hybridized carbons (Fsp3) is 0.588. The van der Waals surface area contributed by atoms with Crippen molar-refractivity contribution in [3.63, 3.8) is 0 Å². The van der Waals surface area contributed by atoms with Crippen molar-refractivity contribution in [2.24, 2.45) is 0 Å². The minimum absolute atomic E-state index is 0. The van der Waals surface area contributed by atoms with Gasteiger partial charge < -0.3 is 10.6 Å². The lowest BCUT2D eigenvalue weighted by Gasteiger charge is -2.31. The third-order valence-corrected chi connectivity index (χ3v) is 6.80. The molecule has 1 amide bonds. The summed E-state index contributed by atoms with van der Waals surface area (Å²) in [7, 11) is -3.13. The second-order valence-corrected chi connectivity index (χ2v) is 8.60. The topological polar surface area (TPSA) is 78.5 Å². The Hall–Kier alpha value is -1.31. The van der Waals surface area contributed by atoms with Gasteiger partial charge in [-0.05, 0) is 49.4 Å². The van der Waals surface area contributed by atoms with E-state index in [-0.39, 0.29) is 30.1 Å². The van der Waals surface area contributed by atoms with Crippen molar-refractivity contribution in [3.05, 3.63) is 29.3 Å². The molecule has 0 spiro atoms. The molecule has 0 bridgehead atoms. The van der Waals surface area contributed by atoms with E-state index >= 15 is 0 Å². The molecule has 0 radical (unpaired) electrons. The summed E-state index contributed by atoms with van der Waals surface area (Å²) in [5, 5.41) is 6.33. The summed E-state index contributed by atoms with van der Waals surface area (Å²) in [6.07, 6.45) is 2.92. The van der Waals surface area contributed by atoms with Crippen molar-refractivity contribution in [2.45, 2.75) is 38.6 Å². The molecule has 6 nitrogen and oxygen atoms in total. The molecule has 2 N–H and O–H groups in total. The van der Waals surface area contributed by atoms with Crippen LogP contribution in [0.4, 0.5) is 5.69 Å². The summed E-state index contributed by atoms with van der Waals surface area (Å²) >= 11 is 0. The quantitative estimate of drug-likeness (QED) is 0.810. The molecule has 2 aliphatic heterocycles. The van der Waals surface area contributed by atoms with Crippen LogP contribution in [0.5, 0.6) is 0 Å². The second kappa shape index (κ2) is 8.38. The molecule has 0 aliphatic carbocycles. The smallest absolute Gasteiger partial charge is 0.251 e. The predicted molar refractivity (Wildman–Crippen MR) is 102 cm³/mol. The largest absolute Gasteiger partial charge is 0.384 e. The first-order valence-corrected chi connectivity index (χ1v) is 10.3. The first-order valence-electron chi connectivity index (χ1n) is 8.65. The number of anilines is 1. The maximum Gasteiger partial charge on any atom is 0.251 e. The Morgan fingerprint density at radius 1 is 1.32 bits per heavy atom. The van der Waals surface area contributed by atoms with Gasteiger partial charge in [-0.15, -0.1) is 12.4 Å². The Labute approximate surface area is 155 Å². The van der Waals surface area contributed by atoms with E-state index in [9.17, 15) is 13.2 Å². The van der Waals surface area contributed by atoms with Crippen LogP contribution in [-0.4, -0.2) is 50.1 Å².